The molecule has 9 aromatic carbocycles. The van der Waals surface area contributed by atoms with Crippen LogP contribution in [-0.4, -0.2) is 13.7 Å². The molecule has 1 aliphatic carbocycles. The zero-order valence-corrected chi connectivity index (χ0v) is 53.1. The van der Waals surface area contributed by atoms with Gasteiger partial charge in [0.05, 0.1) is 44.5 Å². The Hall–Kier alpha value is -8.06. The van der Waals surface area contributed by atoms with E-state index in [1.807, 2.05) is 0 Å². The summed E-state index contributed by atoms with van der Waals surface area (Å²) in [6, 6.07) is 63.9. The topological polar surface area (TPSA) is 14.8 Å². The molecule has 3 heteroatoms. The molecule has 0 N–H and O–H groups in total. The lowest BCUT2D eigenvalue weighted by Crippen LogP contribution is -2.18. The summed E-state index contributed by atoms with van der Waals surface area (Å²) in [6.07, 6.45) is 6.42. The standard InChI is InChI=1S/C81H83N3/c1-20-48-29-34-67(70(39-48)83-65-35-30-50(76(2,3)4)46-61(65)62-47-51(77(5,6)7)31-36-66(62)83)84-64-28-24-22-26-60(64)73-69(84)38-33-58-57-32-37-68-72(74(57)71(75(58)73)49-40-52(78(8,9)10)42-53(41-49)79(11,12)13)59-25-21-23-27-63(59)82(68)56-44-54(80(14,15)16)43-55(45-56)81(17,18)19/h1,21-47,71H,2-19H3. The molecule has 1 unspecified atom stereocenters. The van der Waals surface area contributed by atoms with E-state index >= 15 is 0 Å². The molecule has 0 spiro atoms. The normalized spacial score (nSPS) is 14.4. The van der Waals surface area contributed by atoms with Crippen LogP contribution in [0.2, 0.25) is 0 Å². The Kier molecular flexibility index (Phi) is 12.1. The van der Waals surface area contributed by atoms with Crippen molar-refractivity contribution in [1.82, 2.24) is 13.7 Å². The zero-order chi connectivity index (χ0) is 59.7. The predicted octanol–water partition coefficient (Wildman–Crippen LogP) is 21.9. The van der Waals surface area contributed by atoms with Crippen LogP contribution in [0, 0.1) is 12.3 Å². The Bertz CT molecular complexity index is 4640. The minimum Gasteiger partial charge on any atom is -0.309 e. The van der Waals surface area contributed by atoms with Crippen LogP contribution in [0.1, 0.15) is 186 Å². The van der Waals surface area contributed by atoms with Crippen molar-refractivity contribution in [3.05, 3.63) is 219 Å². The van der Waals surface area contributed by atoms with Crippen LogP contribution < -0.4 is 0 Å². The van der Waals surface area contributed by atoms with Gasteiger partial charge in [-0.2, -0.15) is 0 Å². The van der Waals surface area contributed by atoms with Crippen molar-refractivity contribution in [2.75, 3.05) is 0 Å². The minimum atomic E-state index is -0.106. The average Bonchev–Trinajstić information content (AvgIpc) is 1.62. The lowest BCUT2D eigenvalue weighted by atomic mass is 9.76. The van der Waals surface area contributed by atoms with Crippen molar-refractivity contribution >= 4 is 65.4 Å². The Morgan fingerprint density at radius 2 is 0.702 bits per heavy atom. The Labute approximate surface area is 499 Å². The highest BCUT2D eigenvalue weighted by atomic mass is 15.1. The Morgan fingerprint density at radius 1 is 0.321 bits per heavy atom. The average molecular weight is 1100 g/mol. The number of hydrogen-bond acceptors (Lipinski definition) is 0. The van der Waals surface area contributed by atoms with Crippen LogP contribution in [0.5, 0.6) is 0 Å². The number of hydrogen-bond donors (Lipinski definition) is 0. The third-order valence-corrected chi connectivity index (χ3v) is 18.7. The molecule has 1 atom stereocenters. The van der Waals surface area contributed by atoms with Crippen molar-refractivity contribution in [3.8, 4) is 40.5 Å². The maximum absolute atomic E-state index is 6.42. The van der Waals surface area contributed by atoms with Gasteiger partial charge >= 0.3 is 0 Å². The van der Waals surface area contributed by atoms with E-state index in [9.17, 15) is 0 Å². The number of fused-ring (bicyclic) bond motifs is 14. The van der Waals surface area contributed by atoms with E-state index in [4.69, 9.17) is 6.42 Å². The summed E-state index contributed by atoms with van der Waals surface area (Å²) >= 11 is 0. The van der Waals surface area contributed by atoms with Gasteiger partial charge < -0.3 is 13.7 Å². The third-order valence-electron chi connectivity index (χ3n) is 18.7. The van der Waals surface area contributed by atoms with Crippen LogP contribution in [-0.2, 0) is 32.5 Å². The molecule has 3 heterocycles. The number of rotatable bonds is 4. The minimum absolute atomic E-state index is 0.0288. The van der Waals surface area contributed by atoms with E-state index < -0.39 is 0 Å². The highest BCUT2D eigenvalue weighted by molar-refractivity contribution is 6.19. The third kappa shape index (κ3) is 8.68. The van der Waals surface area contributed by atoms with Gasteiger partial charge in [0.15, 0.2) is 0 Å². The molecule has 13 rings (SSSR count). The van der Waals surface area contributed by atoms with Gasteiger partial charge in [-0.1, -0.05) is 215 Å². The molecular weight excluding hydrogens is 1010 g/mol. The maximum Gasteiger partial charge on any atom is 0.0715 e. The molecule has 1 aliphatic rings. The van der Waals surface area contributed by atoms with Gasteiger partial charge in [-0.25, -0.2) is 0 Å². The number of para-hydroxylation sites is 2. The van der Waals surface area contributed by atoms with Crippen LogP contribution in [0.25, 0.3) is 93.6 Å². The molecule has 0 bridgehead atoms. The summed E-state index contributed by atoms with van der Waals surface area (Å²) in [7, 11) is 0. The van der Waals surface area contributed by atoms with Gasteiger partial charge in [-0.15, -0.1) is 6.42 Å². The number of nitrogens with zero attached hydrogens (tertiary/aromatic N) is 3. The second kappa shape index (κ2) is 18.5. The lowest BCUT2D eigenvalue weighted by molar-refractivity contribution is 0.566. The summed E-state index contributed by atoms with van der Waals surface area (Å²) in [5.41, 5.74) is 25.6. The van der Waals surface area contributed by atoms with Crippen molar-refractivity contribution < 1.29 is 0 Å². The summed E-state index contributed by atoms with van der Waals surface area (Å²) in [6.45, 7) is 42.2. The fourth-order valence-corrected chi connectivity index (χ4v) is 13.7. The van der Waals surface area contributed by atoms with Crippen LogP contribution in [0.4, 0.5) is 0 Å². The van der Waals surface area contributed by atoms with E-state index in [1.54, 1.807) is 0 Å². The van der Waals surface area contributed by atoms with Crippen molar-refractivity contribution in [2.45, 2.75) is 163 Å². The molecule has 0 amide bonds. The van der Waals surface area contributed by atoms with E-state index in [1.165, 1.54) is 116 Å². The quantitative estimate of drug-likeness (QED) is 0.156. The summed E-state index contributed by atoms with van der Waals surface area (Å²) < 4.78 is 7.62. The molecule has 3 nitrogen and oxygen atoms in total. The van der Waals surface area contributed by atoms with Crippen molar-refractivity contribution in [1.29, 1.82) is 0 Å². The molecule has 3 aromatic heterocycles. The van der Waals surface area contributed by atoms with Crippen molar-refractivity contribution in [2.24, 2.45) is 0 Å². The van der Waals surface area contributed by atoms with E-state index in [2.05, 4.69) is 308 Å². The second-order valence-electron chi connectivity index (χ2n) is 30.7. The van der Waals surface area contributed by atoms with Crippen LogP contribution >= 0.6 is 0 Å². The first-order chi connectivity index (χ1) is 39.4. The monoisotopic (exact) mass is 1100 g/mol. The molecule has 0 fully saturated rings. The maximum atomic E-state index is 6.42. The zero-order valence-electron chi connectivity index (χ0n) is 53.1. The number of benzene rings is 9. The molecule has 84 heavy (non-hydrogen) atoms. The van der Waals surface area contributed by atoms with Gasteiger partial charge in [0.2, 0.25) is 0 Å². The first kappa shape index (κ1) is 55.1. The van der Waals surface area contributed by atoms with E-state index in [0.717, 1.165) is 33.5 Å². The predicted molar refractivity (Wildman–Crippen MR) is 362 cm³/mol. The smallest absolute Gasteiger partial charge is 0.0715 e. The molecule has 0 saturated carbocycles. The summed E-state index contributed by atoms with van der Waals surface area (Å²) in [5.74, 6) is 2.96. The Balaban J connectivity index is 1.15. The largest absolute Gasteiger partial charge is 0.309 e. The SMILES string of the molecule is C#Cc1ccc(-n2c3ccccc3c3c4c(ccc32)-c2ccc3c(c2C4c2cc(C(C)(C)C)cc(C(C)(C)C)c2)c2ccccc2n3-c2cc(C(C)(C)C)cc(C(C)(C)C)c2)c(-n2c3ccc(C(C)(C)C)cc3c3cc(C(C)(C)C)ccc32)c1. The highest BCUT2D eigenvalue weighted by Crippen LogP contribution is 2.57. The van der Waals surface area contributed by atoms with E-state index in [0.29, 0.717) is 0 Å². The second-order valence-corrected chi connectivity index (χ2v) is 30.7. The molecular formula is C81H83N3. The molecule has 0 radical (unpaired) electrons. The fourth-order valence-electron chi connectivity index (χ4n) is 13.7. The molecule has 422 valence electrons. The first-order valence-corrected chi connectivity index (χ1v) is 30.6. The first-order valence-electron chi connectivity index (χ1n) is 30.6. The van der Waals surface area contributed by atoms with Gasteiger partial charge in [0.25, 0.3) is 0 Å². The van der Waals surface area contributed by atoms with Gasteiger partial charge in [0, 0.05) is 49.5 Å². The molecule has 0 aliphatic heterocycles. The fraction of sp³-hybridized carbons (Fsp3) is 0.309. The molecule has 0 saturated heterocycles. The summed E-state index contributed by atoms with van der Waals surface area (Å²) in [5, 5.41) is 7.61. The summed E-state index contributed by atoms with van der Waals surface area (Å²) in [4.78, 5) is 0. The van der Waals surface area contributed by atoms with Crippen molar-refractivity contribution in [3.63, 3.8) is 0 Å². The van der Waals surface area contributed by atoms with Crippen LogP contribution in [0.3, 0.4) is 0 Å². The lowest BCUT2D eigenvalue weighted by Gasteiger charge is -2.28. The van der Waals surface area contributed by atoms with Gasteiger partial charge in [0.1, 0.15) is 0 Å². The number of aromatic nitrogens is 3. The van der Waals surface area contributed by atoms with Crippen LogP contribution in [0.15, 0.2) is 164 Å². The van der Waals surface area contributed by atoms with Gasteiger partial charge in [-0.05, 0) is 173 Å². The van der Waals surface area contributed by atoms with Gasteiger partial charge in [-0.3, -0.25) is 0 Å². The molecule has 12 aromatic rings. The van der Waals surface area contributed by atoms with E-state index in [-0.39, 0.29) is 38.4 Å². The number of terminal acetylenes is 1. The Morgan fingerprint density at radius 3 is 1.14 bits per heavy atom. The highest BCUT2D eigenvalue weighted by Gasteiger charge is 2.38.